The second kappa shape index (κ2) is 8.35. The summed E-state index contributed by atoms with van der Waals surface area (Å²) >= 11 is 1.77. The van der Waals surface area contributed by atoms with E-state index in [4.69, 9.17) is 0 Å². The number of hydrogen-bond donors (Lipinski definition) is 0. The van der Waals surface area contributed by atoms with Gasteiger partial charge in [0.2, 0.25) is 0 Å². The Kier molecular flexibility index (Phi) is 7.98. The van der Waals surface area contributed by atoms with Crippen LogP contribution in [0, 0.1) is 5.41 Å². The molecule has 0 N–H and O–H groups in total. The third kappa shape index (κ3) is 5.92. The molecule has 0 spiro atoms. The highest BCUT2D eigenvalue weighted by atomic mass is 32.2. The van der Waals surface area contributed by atoms with Gasteiger partial charge in [-0.2, -0.15) is 0 Å². The summed E-state index contributed by atoms with van der Waals surface area (Å²) in [6.45, 7) is 10.1. The van der Waals surface area contributed by atoms with Gasteiger partial charge in [-0.25, -0.2) is 0 Å². The molecule has 0 aliphatic heterocycles. The van der Waals surface area contributed by atoms with Gasteiger partial charge in [0, 0.05) is 16.1 Å². The summed E-state index contributed by atoms with van der Waals surface area (Å²) in [4.78, 5) is 12.1. The molecule has 0 aliphatic rings. The number of benzene rings is 1. The minimum atomic E-state index is -0.231. The molecule has 0 unspecified atom stereocenters. The minimum absolute atomic E-state index is 0.231. The number of carbonyl (C=O) groups excluding carboxylic acids is 1. The largest absolute Gasteiger partial charge is 0.303 e. The number of rotatable bonds is 5. The predicted octanol–water partition coefficient (Wildman–Crippen LogP) is 4.59. The van der Waals surface area contributed by atoms with Gasteiger partial charge >= 0.3 is 0 Å². The molecule has 0 radical (unpaired) electrons. The monoisotopic (exact) mass is 252 g/mol. The summed E-state index contributed by atoms with van der Waals surface area (Å²) < 4.78 is 0. The first-order chi connectivity index (χ1) is 8.09. The Morgan fingerprint density at radius 2 is 1.82 bits per heavy atom. The molecule has 0 saturated heterocycles. The Morgan fingerprint density at radius 3 is 2.35 bits per heavy atom. The van der Waals surface area contributed by atoms with E-state index < -0.39 is 0 Å². The van der Waals surface area contributed by atoms with Gasteiger partial charge in [0.05, 0.1) is 0 Å². The first-order valence-corrected chi connectivity index (χ1v) is 7.24. The maximum absolute atomic E-state index is 10.8. The molecule has 0 fully saturated rings. The Morgan fingerprint density at radius 1 is 1.24 bits per heavy atom. The van der Waals surface area contributed by atoms with Crippen LogP contribution >= 0.6 is 11.8 Å². The van der Waals surface area contributed by atoms with Gasteiger partial charge in [0.1, 0.15) is 6.29 Å². The molecule has 0 amide bonds. The second-order valence-corrected chi connectivity index (χ2v) is 5.37. The summed E-state index contributed by atoms with van der Waals surface area (Å²) in [5.74, 6) is 0.841. The first kappa shape index (κ1) is 16.2. The maximum atomic E-state index is 10.8. The van der Waals surface area contributed by atoms with Gasteiger partial charge in [0.15, 0.2) is 0 Å². The van der Waals surface area contributed by atoms with Crippen LogP contribution in [0.1, 0.15) is 40.2 Å². The van der Waals surface area contributed by atoms with Crippen molar-refractivity contribution < 1.29 is 4.79 Å². The molecule has 96 valence electrons. The molecule has 2 heteroatoms. The van der Waals surface area contributed by atoms with Crippen LogP contribution < -0.4 is 0 Å². The van der Waals surface area contributed by atoms with Crippen molar-refractivity contribution in [3.63, 3.8) is 0 Å². The number of thioether (sulfide) groups is 1. The third-order valence-corrected chi connectivity index (χ3v) is 3.87. The van der Waals surface area contributed by atoms with E-state index in [0.717, 1.165) is 18.5 Å². The van der Waals surface area contributed by atoms with Gasteiger partial charge in [0.25, 0.3) is 0 Å². The molecule has 0 aromatic heterocycles. The van der Waals surface area contributed by atoms with Crippen LogP contribution in [0.25, 0.3) is 0 Å². The average Bonchev–Trinajstić information content (AvgIpc) is 2.39. The normalized spacial score (nSPS) is 10.4. The number of aldehydes is 1. The number of carbonyl (C=O) groups is 1. The van der Waals surface area contributed by atoms with E-state index in [1.807, 2.05) is 27.7 Å². The van der Waals surface area contributed by atoms with Crippen molar-refractivity contribution in [1.29, 1.82) is 0 Å². The molecule has 17 heavy (non-hydrogen) atoms. The van der Waals surface area contributed by atoms with Crippen LogP contribution in [-0.4, -0.2) is 12.0 Å². The minimum Gasteiger partial charge on any atom is -0.303 e. The van der Waals surface area contributed by atoms with E-state index >= 15 is 0 Å². The number of hydrogen-bond acceptors (Lipinski definition) is 2. The lowest BCUT2D eigenvalue weighted by molar-refractivity contribution is -0.113. The predicted molar refractivity (Wildman–Crippen MR) is 77.7 cm³/mol. The average molecular weight is 252 g/mol. The van der Waals surface area contributed by atoms with Crippen molar-refractivity contribution in [1.82, 2.24) is 0 Å². The van der Waals surface area contributed by atoms with Gasteiger partial charge < -0.3 is 4.79 Å². The number of aryl methyl sites for hydroxylation is 1. The van der Waals surface area contributed by atoms with Crippen molar-refractivity contribution in [3.8, 4) is 0 Å². The summed E-state index contributed by atoms with van der Waals surface area (Å²) in [6, 6.07) is 8.39. The van der Waals surface area contributed by atoms with E-state index in [1.54, 1.807) is 11.8 Å². The smallest absolute Gasteiger partial charge is 0.126 e. The topological polar surface area (TPSA) is 17.1 Å². The van der Waals surface area contributed by atoms with Gasteiger partial charge in [-0.1, -0.05) is 52.8 Å². The van der Waals surface area contributed by atoms with Crippen LogP contribution in [0.2, 0.25) is 0 Å². The summed E-state index contributed by atoms with van der Waals surface area (Å²) in [5, 5.41) is 0. The Hall–Kier alpha value is -0.760. The lowest BCUT2D eigenvalue weighted by atomic mass is 10.00. The quantitative estimate of drug-likeness (QED) is 0.563. The fourth-order valence-corrected chi connectivity index (χ4v) is 2.40. The van der Waals surface area contributed by atoms with Crippen LogP contribution in [0.5, 0.6) is 0 Å². The zero-order chi connectivity index (χ0) is 13.3. The van der Waals surface area contributed by atoms with Crippen LogP contribution in [0.3, 0.4) is 0 Å². The highest BCUT2D eigenvalue weighted by Gasteiger charge is 2.17. The van der Waals surface area contributed by atoms with E-state index in [9.17, 15) is 4.79 Å². The highest BCUT2D eigenvalue weighted by molar-refractivity contribution is 7.99. The second-order valence-electron chi connectivity index (χ2n) is 4.36. The molecular formula is C15H24OS. The van der Waals surface area contributed by atoms with E-state index in [-0.39, 0.29) is 5.41 Å². The highest BCUT2D eigenvalue weighted by Crippen LogP contribution is 2.28. The SMILES string of the molecule is CC.CCc1ccccc1SCC(C)(C)C=O. The fraction of sp³-hybridized carbons (Fsp3) is 0.533. The van der Waals surface area contributed by atoms with E-state index in [2.05, 4.69) is 31.2 Å². The molecule has 1 rings (SSSR count). The van der Waals surface area contributed by atoms with E-state index in [1.165, 1.54) is 10.5 Å². The molecule has 0 aliphatic carbocycles. The third-order valence-electron chi connectivity index (χ3n) is 2.27. The fourth-order valence-electron chi connectivity index (χ4n) is 1.23. The van der Waals surface area contributed by atoms with Crippen molar-refractivity contribution in [2.24, 2.45) is 5.41 Å². The first-order valence-electron chi connectivity index (χ1n) is 6.26. The van der Waals surface area contributed by atoms with Crippen LogP contribution in [-0.2, 0) is 11.2 Å². The lowest BCUT2D eigenvalue weighted by Gasteiger charge is -2.16. The van der Waals surface area contributed by atoms with Gasteiger partial charge in [-0.15, -0.1) is 11.8 Å². The molecule has 1 aromatic rings. The van der Waals surface area contributed by atoms with Crippen molar-refractivity contribution in [2.75, 3.05) is 5.75 Å². The summed E-state index contributed by atoms with van der Waals surface area (Å²) in [6.07, 6.45) is 2.08. The Balaban J connectivity index is 0.00000121. The van der Waals surface area contributed by atoms with Crippen LogP contribution in [0.15, 0.2) is 29.2 Å². The maximum Gasteiger partial charge on any atom is 0.126 e. The summed E-state index contributed by atoms with van der Waals surface area (Å²) in [7, 11) is 0. The van der Waals surface area contributed by atoms with E-state index in [0.29, 0.717) is 0 Å². The Labute approximate surface area is 110 Å². The lowest BCUT2D eigenvalue weighted by Crippen LogP contribution is -2.16. The zero-order valence-electron chi connectivity index (χ0n) is 11.6. The summed E-state index contributed by atoms with van der Waals surface area (Å²) in [5.41, 5.74) is 1.13. The van der Waals surface area contributed by atoms with Gasteiger partial charge in [-0.3, -0.25) is 0 Å². The Bertz CT molecular complexity index is 331. The zero-order valence-corrected chi connectivity index (χ0v) is 12.4. The molecule has 1 nitrogen and oxygen atoms in total. The van der Waals surface area contributed by atoms with Crippen LogP contribution in [0.4, 0.5) is 0 Å². The molecule has 0 bridgehead atoms. The molecule has 1 aromatic carbocycles. The standard InChI is InChI=1S/C13H18OS.C2H6/c1-4-11-7-5-6-8-12(11)15-10-13(2,3)9-14;1-2/h5-9H,4,10H2,1-3H3;1-2H3. The van der Waals surface area contributed by atoms with Gasteiger partial charge in [-0.05, 0) is 18.1 Å². The molecule has 0 atom stereocenters. The molecule has 0 saturated carbocycles. The van der Waals surface area contributed by atoms with Crippen molar-refractivity contribution in [3.05, 3.63) is 29.8 Å². The van der Waals surface area contributed by atoms with Crippen molar-refractivity contribution in [2.45, 2.75) is 45.9 Å². The molecule has 0 heterocycles. The van der Waals surface area contributed by atoms with Crippen molar-refractivity contribution >= 4 is 18.0 Å². The molecular weight excluding hydrogens is 228 g/mol.